The summed E-state index contributed by atoms with van der Waals surface area (Å²) in [4.78, 5) is 22.6. The third kappa shape index (κ3) is 5.99. The second kappa shape index (κ2) is 10.3. The Morgan fingerprint density at radius 1 is 1.29 bits per heavy atom. The van der Waals surface area contributed by atoms with Gasteiger partial charge in [0.15, 0.2) is 0 Å². The van der Waals surface area contributed by atoms with Gasteiger partial charge in [0.2, 0.25) is 0 Å². The molecule has 1 amide bonds. The van der Waals surface area contributed by atoms with Crippen molar-refractivity contribution in [2.45, 2.75) is 19.9 Å². The van der Waals surface area contributed by atoms with Crippen LogP contribution in [-0.2, 0) is 23.1 Å². The minimum Gasteiger partial charge on any atom is -0.487 e. The average molecular weight is 489 g/mol. The molecule has 4 rings (SSSR count). The Bertz CT molecular complexity index is 1340. The molecule has 3 aromatic rings. The smallest absolute Gasteiger partial charge is 0.261 e. The van der Waals surface area contributed by atoms with Crippen molar-refractivity contribution in [3.05, 3.63) is 41.7 Å². The number of quaternary nitrogens is 1. The van der Waals surface area contributed by atoms with E-state index >= 15 is 0 Å². The first kappa shape index (κ1) is 25.3. The molecule has 1 aliphatic heterocycles. The number of nitrogens with one attached hydrogen (secondary N) is 1. The molecule has 1 aliphatic rings. The summed E-state index contributed by atoms with van der Waals surface area (Å²) < 4.78 is 34.0. The molecular weight excluding hydrogens is 458 g/mol. The fraction of sp³-hybridized carbons (Fsp3) is 0.348. The van der Waals surface area contributed by atoms with Crippen LogP contribution < -0.4 is 15.4 Å². The van der Waals surface area contributed by atoms with Crippen molar-refractivity contribution >= 4 is 39.0 Å². The number of nitrogens with zero attached hydrogens (tertiary/aromatic N) is 3. The number of carbonyl (C=O) groups excluding carboxylic acids is 1. The summed E-state index contributed by atoms with van der Waals surface area (Å²) in [6.45, 7) is 4.29. The number of likely N-dealkylation sites (N-methyl/N-ethyl adjacent to an activating group) is 1. The van der Waals surface area contributed by atoms with Gasteiger partial charge in [-0.2, -0.15) is 8.42 Å². The third-order valence-corrected chi connectivity index (χ3v) is 5.26. The summed E-state index contributed by atoms with van der Waals surface area (Å²) in [5, 5.41) is 0. The lowest BCUT2D eigenvalue weighted by molar-refractivity contribution is -0.858. The second-order valence-electron chi connectivity index (χ2n) is 8.28. The van der Waals surface area contributed by atoms with Gasteiger partial charge >= 0.3 is 0 Å². The number of aryl methyl sites for hydroxylation is 1. The molecule has 2 heterocycles. The average Bonchev–Trinajstić information content (AvgIpc) is 3.37. The maximum atomic E-state index is 12.2. The largest absolute Gasteiger partial charge is 0.487 e. The Hall–Kier alpha value is -3.28. The summed E-state index contributed by atoms with van der Waals surface area (Å²) >= 11 is 0. The van der Waals surface area contributed by atoms with E-state index in [1.54, 1.807) is 0 Å². The molecular formula is C23H30N5O5S+. The number of carbonyl (C=O) groups is 1. The number of ether oxygens (including phenoxy) is 1. The predicted molar refractivity (Wildman–Crippen MR) is 132 cm³/mol. The molecule has 2 aromatic carbocycles. The fourth-order valence-corrected chi connectivity index (χ4v) is 3.73. The van der Waals surface area contributed by atoms with Crippen LogP contribution in [0.5, 0.6) is 5.75 Å². The van der Waals surface area contributed by atoms with Gasteiger partial charge in [-0.05, 0) is 30.7 Å². The standard InChI is InChI=1S/C22H25N5O2.CH4O3S/c1-4-27-13-25-17-11-14(5-6-18(17)27)16-12-19(29-10-9-26(2)3)20(22(23)28)15-7-8-24-21(15)16;1-5(2,3)4/h5-6,8,11-13H,4,7,9-10H2,1-3H3,(H2,23,28);1H3,(H,2,3,4)/p+1. The quantitative estimate of drug-likeness (QED) is 0.426. The van der Waals surface area contributed by atoms with Crippen molar-refractivity contribution in [2.24, 2.45) is 10.7 Å². The molecule has 0 saturated heterocycles. The van der Waals surface area contributed by atoms with Crippen molar-refractivity contribution in [1.82, 2.24) is 9.55 Å². The molecule has 0 spiro atoms. The molecule has 182 valence electrons. The Labute approximate surface area is 198 Å². The molecule has 0 aliphatic carbocycles. The number of hydrogen-bond donors (Lipinski definition) is 3. The van der Waals surface area contributed by atoms with Crippen LogP contribution in [0.15, 0.2) is 35.6 Å². The van der Waals surface area contributed by atoms with Crippen LogP contribution in [0.4, 0.5) is 5.69 Å². The molecule has 1 aromatic heterocycles. The Morgan fingerprint density at radius 3 is 2.62 bits per heavy atom. The normalized spacial score (nSPS) is 12.5. The zero-order valence-corrected chi connectivity index (χ0v) is 20.5. The van der Waals surface area contributed by atoms with Crippen molar-refractivity contribution in [3.63, 3.8) is 0 Å². The monoisotopic (exact) mass is 488 g/mol. The third-order valence-electron chi connectivity index (χ3n) is 5.26. The Balaban J connectivity index is 0.000000588. The van der Waals surface area contributed by atoms with Crippen LogP contribution >= 0.6 is 0 Å². The van der Waals surface area contributed by atoms with Crippen LogP contribution in [-0.4, -0.2) is 68.1 Å². The second-order valence-corrected chi connectivity index (χ2v) is 9.74. The van der Waals surface area contributed by atoms with Gasteiger partial charge in [0, 0.05) is 30.3 Å². The SMILES string of the molecule is CCn1cnc2cc(-c3cc(OCC[NH+](C)C)c(C(N)=O)c4c3N=CC4)ccc21.CS(=O)(=O)O. The van der Waals surface area contributed by atoms with E-state index in [-0.39, 0.29) is 0 Å². The first-order chi connectivity index (χ1) is 16.0. The van der Waals surface area contributed by atoms with Crippen LogP contribution in [0, 0.1) is 0 Å². The van der Waals surface area contributed by atoms with Crippen LogP contribution in [0.1, 0.15) is 22.8 Å². The molecule has 11 heteroatoms. The van der Waals surface area contributed by atoms with E-state index < -0.39 is 16.0 Å². The first-order valence-corrected chi connectivity index (χ1v) is 12.7. The number of amides is 1. The first-order valence-electron chi connectivity index (χ1n) is 10.8. The molecule has 10 nitrogen and oxygen atoms in total. The maximum absolute atomic E-state index is 12.2. The minimum absolute atomic E-state index is 0.436. The molecule has 0 bridgehead atoms. The topological polar surface area (TPSA) is 141 Å². The van der Waals surface area contributed by atoms with Crippen LogP contribution in [0.2, 0.25) is 0 Å². The molecule has 34 heavy (non-hydrogen) atoms. The van der Waals surface area contributed by atoms with Gasteiger partial charge in [-0.15, -0.1) is 0 Å². The van der Waals surface area contributed by atoms with Crippen LogP contribution in [0.25, 0.3) is 22.2 Å². The van der Waals surface area contributed by atoms with Gasteiger partial charge in [0.05, 0.1) is 49.0 Å². The summed E-state index contributed by atoms with van der Waals surface area (Å²) in [5.41, 5.74) is 11.7. The van der Waals surface area contributed by atoms with Gasteiger partial charge in [-0.1, -0.05) is 6.07 Å². The number of fused-ring (bicyclic) bond motifs is 2. The number of rotatable bonds is 7. The summed E-state index contributed by atoms with van der Waals surface area (Å²) in [6, 6.07) is 8.09. The summed E-state index contributed by atoms with van der Waals surface area (Å²) in [7, 11) is 0.454. The van der Waals surface area contributed by atoms with Gasteiger partial charge in [0.1, 0.15) is 18.9 Å². The fourth-order valence-electron chi connectivity index (χ4n) is 3.73. The molecule has 4 N–H and O–H groups in total. The van der Waals surface area contributed by atoms with E-state index in [1.165, 1.54) is 4.90 Å². The zero-order valence-electron chi connectivity index (χ0n) is 19.7. The van der Waals surface area contributed by atoms with Crippen molar-refractivity contribution in [2.75, 3.05) is 33.5 Å². The van der Waals surface area contributed by atoms with Gasteiger partial charge in [0.25, 0.3) is 16.0 Å². The summed E-state index contributed by atoms with van der Waals surface area (Å²) in [6.07, 6.45) is 4.96. The van der Waals surface area contributed by atoms with E-state index in [0.29, 0.717) is 30.6 Å². The van der Waals surface area contributed by atoms with Crippen molar-refractivity contribution in [1.29, 1.82) is 0 Å². The number of primary amides is 1. The van der Waals surface area contributed by atoms with E-state index in [1.807, 2.05) is 18.6 Å². The number of aliphatic imine (C=N–C) groups is 1. The molecule has 0 radical (unpaired) electrons. The zero-order chi connectivity index (χ0) is 25.0. The number of imidazole rings is 1. The van der Waals surface area contributed by atoms with Gasteiger partial charge < -0.3 is 19.9 Å². The highest BCUT2D eigenvalue weighted by atomic mass is 32.2. The Morgan fingerprint density at radius 2 is 2.00 bits per heavy atom. The minimum atomic E-state index is -3.67. The number of hydrogen-bond acceptors (Lipinski definition) is 6. The predicted octanol–water partition coefficient (Wildman–Crippen LogP) is 1.11. The lowest BCUT2D eigenvalue weighted by atomic mass is 9.94. The van der Waals surface area contributed by atoms with E-state index in [4.69, 9.17) is 15.0 Å². The number of aromatic nitrogens is 2. The lowest BCUT2D eigenvalue weighted by Crippen LogP contribution is -3.06. The molecule has 0 unspecified atom stereocenters. The maximum Gasteiger partial charge on any atom is 0.261 e. The Kier molecular flexibility index (Phi) is 7.70. The van der Waals surface area contributed by atoms with Crippen molar-refractivity contribution in [3.8, 4) is 16.9 Å². The highest BCUT2D eigenvalue weighted by molar-refractivity contribution is 7.85. The van der Waals surface area contributed by atoms with E-state index in [9.17, 15) is 13.2 Å². The number of benzene rings is 2. The van der Waals surface area contributed by atoms with Gasteiger partial charge in [-0.25, -0.2) is 4.98 Å². The van der Waals surface area contributed by atoms with Crippen molar-refractivity contribution < 1.29 is 27.4 Å². The molecule has 0 saturated carbocycles. The molecule has 0 atom stereocenters. The van der Waals surface area contributed by atoms with Gasteiger partial charge in [-0.3, -0.25) is 14.3 Å². The molecule has 0 fully saturated rings. The van der Waals surface area contributed by atoms with Crippen LogP contribution in [0.3, 0.4) is 0 Å². The summed E-state index contributed by atoms with van der Waals surface area (Å²) in [5.74, 6) is 0.0415. The lowest BCUT2D eigenvalue weighted by Gasteiger charge is -2.17. The van der Waals surface area contributed by atoms with E-state index in [0.717, 1.165) is 46.5 Å². The highest BCUT2D eigenvalue weighted by Gasteiger charge is 2.25. The van der Waals surface area contributed by atoms with E-state index in [2.05, 4.69) is 53.8 Å². The number of nitrogens with two attached hydrogens (primary N) is 1. The highest BCUT2D eigenvalue weighted by Crippen LogP contribution is 2.43.